The van der Waals surface area contributed by atoms with Crippen LogP contribution in [-0.4, -0.2) is 26.0 Å². The molecule has 2 aromatic rings. The molecule has 0 fully saturated rings. The van der Waals surface area contributed by atoms with Crippen LogP contribution in [0.4, 0.5) is 4.79 Å². The first-order chi connectivity index (χ1) is 10.4. The van der Waals surface area contributed by atoms with Gasteiger partial charge in [0.25, 0.3) is 10.0 Å². The van der Waals surface area contributed by atoms with Crippen molar-refractivity contribution in [2.45, 2.75) is 25.2 Å². The fraction of sp³-hybridized carbons (Fsp3) is 0.286. The number of carbonyl (C=O) groups excluding carboxylic acids is 1. The van der Waals surface area contributed by atoms with E-state index < -0.39 is 16.1 Å². The van der Waals surface area contributed by atoms with E-state index in [9.17, 15) is 13.2 Å². The summed E-state index contributed by atoms with van der Waals surface area (Å²) in [6.07, 6.45) is 0.566. The Labute approximate surface area is 133 Å². The molecule has 2 rings (SSSR count). The van der Waals surface area contributed by atoms with Gasteiger partial charge in [0.2, 0.25) is 0 Å². The molecule has 0 spiro atoms. The van der Waals surface area contributed by atoms with Crippen LogP contribution in [0.3, 0.4) is 0 Å². The van der Waals surface area contributed by atoms with E-state index in [1.54, 1.807) is 12.1 Å². The molecular formula is C14H17N3O3S2. The number of thiazole rings is 1. The second-order valence-corrected chi connectivity index (χ2v) is 7.43. The molecule has 0 radical (unpaired) electrons. The first-order valence-corrected chi connectivity index (χ1v) is 9.01. The Kier molecular flexibility index (Phi) is 5.15. The number of aromatic nitrogens is 1. The summed E-state index contributed by atoms with van der Waals surface area (Å²) in [5.41, 5.74) is 1.88. The zero-order valence-corrected chi connectivity index (χ0v) is 13.9. The lowest BCUT2D eigenvalue weighted by Gasteiger charge is -2.08. The topological polar surface area (TPSA) is 88.2 Å². The fourth-order valence-electron chi connectivity index (χ4n) is 1.73. The third-order valence-electron chi connectivity index (χ3n) is 2.85. The molecule has 1 aromatic carbocycles. The second-order valence-electron chi connectivity index (χ2n) is 4.81. The highest BCUT2D eigenvalue weighted by Gasteiger charge is 2.16. The van der Waals surface area contributed by atoms with E-state index in [1.807, 2.05) is 23.9 Å². The minimum atomic E-state index is -3.84. The number of carbonyl (C=O) groups is 1. The molecule has 0 aliphatic heterocycles. The van der Waals surface area contributed by atoms with Crippen LogP contribution in [0.25, 0.3) is 0 Å². The summed E-state index contributed by atoms with van der Waals surface area (Å²) in [5, 5.41) is 5.34. The lowest BCUT2D eigenvalue weighted by atomic mass is 10.2. The average molecular weight is 339 g/mol. The minimum absolute atomic E-state index is 0.0591. The van der Waals surface area contributed by atoms with Gasteiger partial charge in [0.15, 0.2) is 0 Å². The van der Waals surface area contributed by atoms with E-state index in [4.69, 9.17) is 0 Å². The number of rotatable bonds is 5. The van der Waals surface area contributed by atoms with Gasteiger partial charge in [-0.1, -0.05) is 17.7 Å². The normalized spacial score (nSPS) is 11.2. The van der Waals surface area contributed by atoms with Crippen LogP contribution in [0.15, 0.2) is 34.5 Å². The molecule has 118 valence electrons. The first kappa shape index (κ1) is 16.4. The fourth-order valence-corrected chi connectivity index (χ4v) is 3.44. The Balaban J connectivity index is 1.86. The molecule has 0 unspecified atom stereocenters. The van der Waals surface area contributed by atoms with Crippen molar-refractivity contribution in [1.29, 1.82) is 0 Å². The summed E-state index contributed by atoms with van der Waals surface area (Å²) in [4.78, 5) is 16.0. The smallest absolute Gasteiger partial charge is 0.328 e. The largest absolute Gasteiger partial charge is 0.337 e. The monoisotopic (exact) mass is 339 g/mol. The molecule has 2 N–H and O–H groups in total. The van der Waals surface area contributed by atoms with Crippen molar-refractivity contribution in [3.8, 4) is 0 Å². The maximum Gasteiger partial charge on any atom is 0.328 e. The predicted molar refractivity (Wildman–Crippen MR) is 85.5 cm³/mol. The van der Waals surface area contributed by atoms with E-state index in [1.165, 1.54) is 23.5 Å². The van der Waals surface area contributed by atoms with E-state index in [-0.39, 0.29) is 4.90 Å². The van der Waals surface area contributed by atoms with Crippen molar-refractivity contribution < 1.29 is 13.2 Å². The Morgan fingerprint density at radius 1 is 1.23 bits per heavy atom. The highest BCUT2D eigenvalue weighted by molar-refractivity contribution is 7.90. The van der Waals surface area contributed by atoms with Gasteiger partial charge in [-0.3, -0.25) is 0 Å². The van der Waals surface area contributed by atoms with Gasteiger partial charge in [-0.15, -0.1) is 11.3 Å². The van der Waals surface area contributed by atoms with Gasteiger partial charge < -0.3 is 5.32 Å². The van der Waals surface area contributed by atoms with Crippen molar-refractivity contribution in [3.63, 3.8) is 0 Å². The molecule has 0 aliphatic carbocycles. The van der Waals surface area contributed by atoms with E-state index in [2.05, 4.69) is 10.3 Å². The van der Waals surface area contributed by atoms with Gasteiger partial charge >= 0.3 is 6.03 Å². The van der Waals surface area contributed by atoms with Crippen LogP contribution in [-0.2, 0) is 16.4 Å². The second kappa shape index (κ2) is 6.89. The SMILES string of the molecule is Cc1ccc(S(=O)(=O)NC(=O)NCCc2nc(C)cs2)cc1. The molecule has 1 aromatic heterocycles. The number of sulfonamides is 1. The van der Waals surface area contributed by atoms with Gasteiger partial charge in [-0.05, 0) is 26.0 Å². The molecule has 0 atom stereocenters. The van der Waals surface area contributed by atoms with Crippen molar-refractivity contribution in [2.24, 2.45) is 0 Å². The Hall–Kier alpha value is -1.93. The summed E-state index contributed by atoms with van der Waals surface area (Å²) >= 11 is 1.51. The first-order valence-electron chi connectivity index (χ1n) is 6.65. The van der Waals surface area contributed by atoms with Crippen LogP contribution in [0.5, 0.6) is 0 Å². The number of hydrogen-bond acceptors (Lipinski definition) is 5. The van der Waals surface area contributed by atoms with Crippen LogP contribution < -0.4 is 10.0 Å². The molecule has 0 aliphatic rings. The molecular weight excluding hydrogens is 322 g/mol. The van der Waals surface area contributed by atoms with Gasteiger partial charge in [-0.25, -0.2) is 22.9 Å². The summed E-state index contributed by atoms with van der Waals surface area (Å²) in [6.45, 7) is 4.08. The van der Waals surface area contributed by atoms with Crippen LogP contribution >= 0.6 is 11.3 Å². The summed E-state index contributed by atoms with van der Waals surface area (Å²) in [6, 6.07) is 5.54. The third kappa shape index (κ3) is 4.54. The highest BCUT2D eigenvalue weighted by Crippen LogP contribution is 2.10. The molecule has 0 saturated heterocycles. The third-order valence-corrected chi connectivity index (χ3v) is 5.22. The maximum atomic E-state index is 12.0. The predicted octanol–water partition coefficient (Wildman–Crippen LogP) is 1.99. The number of aryl methyl sites for hydroxylation is 2. The zero-order valence-electron chi connectivity index (χ0n) is 12.3. The van der Waals surface area contributed by atoms with Crippen molar-refractivity contribution in [1.82, 2.24) is 15.0 Å². The molecule has 2 amide bonds. The minimum Gasteiger partial charge on any atom is -0.337 e. The molecule has 6 nitrogen and oxygen atoms in total. The van der Waals surface area contributed by atoms with Crippen molar-refractivity contribution >= 4 is 27.4 Å². The molecule has 8 heteroatoms. The van der Waals surface area contributed by atoms with Crippen LogP contribution in [0.1, 0.15) is 16.3 Å². The van der Waals surface area contributed by atoms with Gasteiger partial charge in [0.05, 0.1) is 9.90 Å². The standard InChI is InChI=1S/C14H17N3O3S2/c1-10-3-5-12(6-4-10)22(19,20)17-14(18)15-8-7-13-16-11(2)9-21-13/h3-6,9H,7-8H2,1-2H3,(H2,15,17,18). The number of nitrogens with zero attached hydrogens (tertiary/aromatic N) is 1. The molecule has 0 bridgehead atoms. The Bertz CT molecular complexity index is 752. The quantitative estimate of drug-likeness (QED) is 0.872. The Morgan fingerprint density at radius 3 is 2.50 bits per heavy atom. The van der Waals surface area contributed by atoms with Crippen molar-refractivity contribution in [2.75, 3.05) is 6.54 Å². The van der Waals surface area contributed by atoms with Gasteiger partial charge in [-0.2, -0.15) is 0 Å². The highest BCUT2D eigenvalue weighted by atomic mass is 32.2. The molecule has 1 heterocycles. The number of hydrogen-bond donors (Lipinski definition) is 2. The molecule has 0 saturated carbocycles. The number of amides is 2. The molecule has 22 heavy (non-hydrogen) atoms. The summed E-state index contributed by atoms with van der Waals surface area (Å²) < 4.78 is 26.0. The number of benzene rings is 1. The lowest BCUT2D eigenvalue weighted by molar-refractivity contribution is 0.246. The van der Waals surface area contributed by atoms with E-state index >= 15 is 0 Å². The van der Waals surface area contributed by atoms with E-state index in [0.29, 0.717) is 13.0 Å². The van der Waals surface area contributed by atoms with Gasteiger partial charge in [0.1, 0.15) is 0 Å². The Morgan fingerprint density at radius 2 is 1.91 bits per heavy atom. The van der Waals surface area contributed by atoms with Crippen LogP contribution in [0, 0.1) is 13.8 Å². The maximum absolute atomic E-state index is 12.0. The summed E-state index contributed by atoms with van der Waals surface area (Å²) in [5.74, 6) is 0. The number of urea groups is 1. The van der Waals surface area contributed by atoms with Crippen molar-refractivity contribution in [3.05, 3.63) is 45.9 Å². The van der Waals surface area contributed by atoms with Crippen LogP contribution in [0.2, 0.25) is 0 Å². The van der Waals surface area contributed by atoms with E-state index in [0.717, 1.165) is 16.3 Å². The average Bonchev–Trinajstić information content (AvgIpc) is 2.84. The lowest BCUT2D eigenvalue weighted by Crippen LogP contribution is -2.40. The zero-order chi connectivity index (χ0) is 16.2. The van der Waals surface area contributed by atoms with Gasteiger partial charge in [0, 0.05) is 24.0 Å². The number of nitrogens with one attached hydrogen (secondary N) is 2. The summed E-state index contributed by atoms with van der Waals surface area (Å²) in [7, 11) is -3.84.